The monoisotopic (exact) mass is 289 g/mol. The van der Waals surface area contributed by atoms with Gasteiger partial charge in [0.1, 0.15) is 0 Å². The summed E-state index contributed by atoms with van der Waals surface area (Å²) in [6.45, 7) is 2.37. The molecule has 0 saturated carbocycles. The van der Waals surface area contributed by atoms with Gasteiger partial charge >= 0.3 is 5.97 Å². The Balaban J connectivity index is 1.82. The molecule has 0 bridgehead atoms. The Morgan fingerprint density at radius 1 is 1.24 bits per heavy atom. The van der Waals surface area contributed by atoms with Crippen LogP contribution in [-0.4, -0.2) is 34.5 Å². The number of hydrogen-bond acceptors (Lipinski definition) is 2. The summed E-state index contributed by atoms with van der Waals surface area (Å²) in [5.41, 5.74) is 1.24. The number of amides is 1. The number of carbonyl (C=O) groups excluding carboxylic acids is 1. The number of hydrogen-bond donors (Lipinski definition) is 1. The van der Waals surface area contributed by atoms with Gasteiger partial charge in [0.05, 0.1) is 5.92 Å². The second-order valence-corrected chi connectivity index (χ2v) is 5.85. The van der Waals surface area contributed by atoms with Crippen LogP contribution in [0, 0.1) is 5.92 Å². The molecule has 114 valence electrons. The molecule has 0 aromatic heterocycles. The van der Waals surface area contributed by atoms with Crippen molar-refractivity contribution in [3.63, 3.8) is 0 Å². The predicted molar refractivity (Wildman–Crippen MR) is 80.9 cm³/mol. The van der Waals surface area contributed by atoms with Gasteiger partial charge in [-0.1, -0.05) is 30.3 Å². The minimum atomic E-state index is -0.788. The van der Waals surface area contributed by atoms with Crippen LogP contribution in [0.3, 0.4) is 0 Å². The van der Waals surface area contributed by atoms with Gasteiger partial charge in [0.25, 0.3) is 0 Å². The van der Waals surface area contributed by atoms with E-state index in [9.17, 15) is 9.59 Å². The Morgan fingerprint density at radius 3 is 2.62 bits per heavy atom. The molecule has 1 aliphatic rings. The van der Waals surface area contributed by atoms with Crippen LogP contribution < -0.4 is 0 Å². The first-order chi connectivity index (χ1) is 10.1. The Morgan fingerprint density at radius 2 is 1.95 bits per heavy atom. The molecule has 1 aromatic rings. The van der Waals surface area contributed by atoms with Gasteiger partial charge in [0.2, 0.25) is 5.91 Å². The minimum absolute atomic E-state index is 0.0874. The SMILES string of the molecule is CC1CCC(C(=O)O)CN1C(=O)CCCc1ccccc1. The molecule has 0 radical (unpaired) electrons. The lowest BCUT2D eigenvalue weighted by Crippen LogP contribution is -2.47. The highest BCUT2D eigenvalue weighted by atomic mass is 16.4. The lowest BCUT2D eigenvalue weighted by Gasteiger charge is -2.36. The number of piperidine rings is 1. The van der Waals surface area contributed by atoms with E-state index in [1.54, 1.807) is 4.90 Å². The van der Waals surface area contributed by atoms with E-state index in [2.05, 4.69) is 12.1 Å². The number of aliphatic carboxylic acids is 1. The second-order valence-electron chi connectivity index (χ2n) is 5.85. The summed E-state index contributed by atoms with van der Waals surface area (Å²) in [4.78, 5) is 25.1. The van der Waals surface area contributed by atoms with Crippen molar-refractivity contribution >= 4 is 11.9 Å². The van der Waals surface area contributed by atoms with Gasteiger partial charge in [0, 0.05) is 19.0 Å². The molecule has 2 unspecified atom stereocenters. The third kappa shape index (κ3) is 4.31. The maximum Gasteiger partial charge on any atom is 0.308 e. The van der Waals surface area contributed by atoms with Crippen molar-refractivity contribution < 1.29 is 14.7 Å². The maximum absolute atomic E-state index is 12.3. The molecule has 1 aromatic carbocycles. The second kappa shape index (κ2) is 7.25. The van der Waals surface area contributed by atoms with Crippen LogP contribution in [0.1, 0.15) is 38.2 Å². The molecule has 1 heterocycles. The third-order valence-corrected chi connectivity index (χ3v) is 4.25. The van der Waals surface area contributed by atoms with Crippen molar-refractivity contribution in [3.8, 4) is 0 Å². The van der Waals surface area contributed by atoms with Crippen LogP contribution in [0.5, 0.6) is 0 Å². The largest absolute Gasteiger partial charge is 0.481 e. The van der Waals surface area contributed by atoms with Crippen LogP contribution in [-0.2, 0) is 16.0 Å². The van der Waals surface area contributed by atoms with Gasteiger partial charge in [-0.2, -0.15) is 0 Å². The highest BCUT2D eigenvalue weighted by Gasteiger charge is 2.31. The first-order valence-electron chi connectivity index (χ1n) is 7.64. The summed E-state index contributed by atoms with van der Waals surface area (Å²) in [5.74, 6) is -1.10. The zero-order chi connectivity index (χ0) is 15.2. The molecule has 4 heteroatoms. The van der Waals surface area contributed by atoms with Crippen molar-refractivity contribution in [1.82, 2.24) is 4.90 Å². The van der Waals surface area contributed by atoms with Crippen molar-refractivity contribution in [2.24, 2.45) is 5.92 Å². The fourth-order valence-electron chi connectivity index (χ4n) is 2.89. The Labute approximate surface area is 125 Å². The molecule has 1 amide bonds. The van der Waals surface area contributed by atoms with Crippen molar-refractivity contribution in [2.75, 3.05) is 6.54 Å². The molecular formula is C17H23NO3. The number of carboxylic acid groups (broad SMARTS) is 1. The van der Waals surface area contributed by atoms with Gasteiger partial charge < -0.3 is 10.0 Å². The molecule has 1 fully saturated rings. The highest BCUT2D eigenvalue weighted by molar-refractivity contribution is 5.78. The van der Waals surface area contributed by atoms with Gasteiger partial charge in [-0.3, -0.25) is 9.59 Å². The fraction of sp³-hybridized carbons (Fsp3) is 0.529. The molecule has 2 atom stereocenters. The number of aryl methyl sites for hydroxylation is 1. The Hall–Kier alpha value is -1.84. The van der Waals surface area contributed by atoms with Gasteiger partial charge in [-0.15, -0.1) is 0 Å². The fourth-order valence-corrected chi connectivity index (χ4v) is 2.89. The summed E-state index contributed by atoms with van der Waals surface area (Å²) in [7, 11) is 0. The Kier molecular flexibility index (Phi) is 5.37. The molecular weight excluding hydrogens is 266 g/mol. The normalized spacial score (nSPS) is 22.0. The van der Waals surface area contributed by atoms with Crippen LogP contribution in [0.2, 0.25) is 0 Å². The van der Waals surface area contributed by atoms with E-state index in [1.165, 1.54) is 5.56 Å². The highest BCUT2D eigenvalue weighted by Crippen LogP contribution is 2.23. The summed E-state index contributed by atoms with van der Waals surface area (Å²) in [5, 5.41) is 9.11. The number of rotatable bonds is 5. The van der Waals surface area contributed by atoms with Crippen LogP contribution in [0.4, 0.5) is 0 Å². The molecule has 4 nitrogen and oxygen atoms in total. The van der Waals surface area contributed by atoms with Gasteiger partial charge in [-0.05, 0) is 38.2 Å². The predicted octanol–water partition coefficient (Wildman–Crippen LogP) is 2.72. The van der Waals surface area contributed by atoms with Crippen molar-refractivity contribution in [3.05, 3.63) is 35.9 Å². The van der Waals surface area contributed by atoms with E-state index in [0.717, 1.165) is 19.3 Å². The first kappa shape index (κ1) is 15.5. The zero-order valence-electron chi connectivity index (χ0n) is 12.5. The lowest BCUT2D eigenvalue weighted by molar-refractivity contribution is -0.147. The molecule has 0 aliphatic carbocycles. The first-order valence-corrected chi connectivity index (χ1v) is 7.64. The van der Waals surface area contributed by atoms with E-state index in [1.807, 2.05) is 25.1 Å². The smallest absolute Gasteiger partial charge is 0.308 e. The minimum Gasteiger partial charge on any atom is -0.481 e. The van der Waals surface area contributed by atoms with E-state index < -0.39 is 11.9 Å². The standard InChI is InChI=1S/C17H23NO3/c1-13-10-11-15(17(20)21)12-18(13)16(19)9-5-8-14-6-3-2-4-7-14/h2-4,6-7,13,15H,5,8-12H2,1H3,(H,20,21). The van der Waals surface area contributed by atoms with Crippen molar-refractivity contribution in [1.29, 1.82) is 0 Å². The number of carboxylic acids is 1. The third-order valence-electron chi connectivity index (χ3n) is 4.25. The summed E-state index contributed by atoms with van der Waals surface area (Å²) in [6, 6.07) is 10.3. The zero-order valence-corrected chi connectivity index (χ0v) is 12.5. The van der Waals surface area contributed by atoms with E-state index in [0.29, 0.717) is 19.4 Å². The van der Waals surface area contributed by atoms with Crippen LogP contribution >= 0.6 is 0 Å². The van der Waals surface area contributed by atoms with E-state index in [4.69, 9.17) is 5.11 Å². The van der Waals surface area contributed by atoms with Gasteiger partial charge in [-0.25, -0.2) is 0 Å². The molecule has 2 rings (SSSR count). The quantitative estimate of drug-likeness (QED) is 0.906. The summed E-state index contributed by atoms with van der Waals surface area (Å²) >= 11 is 0. The average Bonchev–Trinajstić information content (AvgIpc) is 2.48. The molecule has 0 spiro atoms. The lowest BCUT2D eigenvalue weighted by atomic mass is 9.93. The van der Waals surface area contributed by atoms with E-state index >= 15 is 0 Å². The number of nitrogens with zero attached hydrogens (tertiary/aromatic N) is 1. The van der Waals surface area contributed by atoms with Gasteiger partial charge in [0.15, 0.2) is 0 Å². The Bertz CT molecular complexity index is 486. The van der Waals surface area contributed by atoms with E-state index in [-0.39, 0.29) is 11.9 Å². The maximum atomic E-state index is 12.3. The number of carbonyl (C=O) groups is 2. The molecule has 21 heavy (non-hydrogen) atoms. The topological polar surface area (TPSA) is 57.6 Å². The summed E-state index contributed by atoms with van der Waals surface area (Å²) < 4.78 is 0. The van der Waals surface area contributed by atoms with Crippen LogP contribution in [0.15, 0.2) is 30.3 Å². The summed E-state index contributed by atoms with van der Waals surface area (Å²) in [6.07, 6.45) is 3.64. The molecule has 1 N–H and O–H groups in total. The molecule has 1 aliphatic heterocycles. The number of benzene rings is 1. The average molecular weight is 289 g/mol. The van der Waals surface area contributed by atoms with Crippen molar-refractivity contribution in [2.45, 2.75) is 45.1 Å². The number of likely N-dealkylation sites (tertiary alicyclic amines) is 1. The molecule has 1 saturated heterocycles. The van der Waals surface area contributed by atoms with Crippen LogP contribution in [0.25, 0.3) is 0 Å².